The van der Waals surface area contributed by atoms with E-state index in [-0.39, 0.29) is 29.0 Å². The number of hydrogen-bond acceptors (Lipinski definition) is 5. The topological polar surface area (TPSA) is 69.7 Å². The average Bonchev–Trinajstić information content (AvgIpc) is 2.71. The Bertz CT molecular complexity index is 654. The molecule has 0 heterocycles. The van der Waals surface area contributed by atoms with Gasteiger partial charge in [-0.05, 0) is 43.8 Å². The van der Waals surface area contributed by atoms with Crippen LogP contribution < -0.4 is 0 Å². The molecule has 0 fully saturated rings. The smallest absolute Gasteiger partial charge is 0.310 e. The van der Waals surface area contributed by atoms with Gasteiger partial charge in [-0.2, -0.15) is 0 Å². The van der Waals surface area contributed by atoms with Crippen molar-refractivity contribution in [1.82, 2.24) is 0 Å². The first-order chi connectivity index (χ1) is 15.0. The summed E-state index contributed by atoms with van der Waals surface area (Å²) in [5.41, 5.74) is 0. The normalized spacial score (nSPS) is 12.8. The molecular weight excluding hydrogens is 420 g/mol. The highest BCUT2D eigenvalue weighted by molar-refractivity contribution is 6.73. The van der Waals surface area contributed by atoms with Crippen LogP contribution >= 0.6 is 0 Å². The van der Waals surface area contributed by atoms with Crippen LogP contribution in [0.3, 0.4) is 0 Å². The highest BCUT2D eigenvalue weighted by atomic mass is 28.4. The fraction of sp³-hybridized carbons (Fsp3) is 0.654. The minimum atomic E-state index is -2.10. The van der Waals surface area contributed by atoms with Crippen LogP contribution in [0.5, 0.6) is 0 Å². The molecule has 0 saturated carbocycles. The molecule has 0 radical (unpaired) electrons. The van der Waals surface area contributed by atoms with Crippen LogP contribution in [-0.4, -0.2) is 25.9 Å². The minimum absolute atomic E-state index is 0.0225. The zero-order valence-electron chi connectivity index (χ0n) is 21.1. The number of rotatable bonds is 17. The van der Waals surface area contributed by atoms with Gasteiger partial charge < -0.3 is 4.89 Å². The van der Waals surface area contributed by atoms with Crippen LogP contribution in [0.25, 0.3) is 0 Å². The molecular formula is C26H44O5Si. The second kappa shape index (κ2) is 16.8. The fourth-order valence-electron chi connectivity index (χ4n) is 2.31. The number of unbranched alkanes of at least 4 members (excludes halogenated alkanes) is 2. The van der Waals surface area contributed by atoms with E-state index in [0.717, 1.165) is 12.8 Å². The van der Waals surface area contributed by atoms with Crippen LogP contribution in [-0.2, 0) is 23.8 Å². The quantitative estimate of drug-likeness (QED) is 0.0568. The van der Waals surface area contributed by atoms with Gasteiger partial charge in [-0.1, -0.05) is 70.6 Å². The van der Waals surface area contributed by atoms with Crippen molar-refractivity contribution in [2.45, 2.75) is 110 Å². The number of carbonyl (C=O) groups excluding carboxylic acids is 3. The molecule has 0 aliphatic heterocycles. The lowest BCUT2D eigenvalue weighted by atomic mass is 10.1. The summed E-state index contributed by atoms with van der Waals surface area (Å²) in [6.07, 6.45) is 17.8. The van der Waals surface area contributed by atoms with Gasteiger partial charge in [-0.3, -0.25) is 9.59 Å². The summed E-state index contributed by atoms with van der Waals surface area (Å²) in [5, 5.41) is -0.0225. The van der Waals surface area contributed by atoms with E-state index in [1.165, 1.54) is 0 Å². The van der Waals surface area contributed by atoms with E-state index >= 15 is 0 Å². The largest absolute Gasteiger partial charge is 0.340 e. The SMILES string of the molecule is CCCC=CCC(=O)CCC=CC=CCC(=O)CCCCC(=O)OO[Si](C)(C)C(C)(C)C. The number of hydrogen-bond donors (Lipinski definition) is 0. The van der Waals surface area contributed by atoms with E-state index in [9.17, 15) is 14.4 Å². The summed E-state index contributed by atoms with van der Waals surface area (Å²) in [4.78, 5) is 40.4. The van der Waals surface area contributed by atoms with Crippen LogP contribution in [0.2, 0.25) is 18.1 Å². The third kappa shape index (κ3) is 15.9. The van der Waals surface area contributed by atoms with Crippen LogP contribution in [0.1, 0.15) is 91.9 Å². The predicted octanol–water partition coefficient (Wildman–Crippen LogP) is 7.19. The van der Waals surface area contributed by atoms with Gasteiger partial charge in [0, 0.05) is 32.1 Å². The molecule has 182 valence electrons. The molecule has 32 heavy (non-hydrogen) atoms. The maximum absolute atomic E-state index is 11.9. The molecule has 0 aliphatic rings. The van der Waals surface area contributed by atoms with Gasteiger partial charge in [0.1, 0.15) is 11.6 Å². The number of carbonyl (C=O) groups is 3. The Morgan fingerprint density at radius 3 is 2.03 bits per heavy atom. The third-order valence-electron chi connectivity index (χ3n) is 5.52. The lowest BCUT2D eigenvalue weighted by Crippen LogP contribution is -2.41. The summed E-state index contributed by atoms with van der Waals surface area (Å²) in [5.74, 6) is 0.0222. The van der Waals surface area contributed by atoms with E-state index in [2.05, 4.69) is 33.8 Å². The van der Waals surface area contributed by atoms with Crippen molar-refractivity contribution >= 4 is 25.9 Å². The zero-order chi connectivity index (χ0) is 24.5. The summed E-state index contributed by atoms with van der Waals surface area (Å²) in [6.45, 7) is 12.4. The third-order valence-corrected chi connectivity index (χ3v) is 9.63. The van der Waals surface area contributed by atoms with E-state index < -0.39 is 8.32 Å². The number of Topliss-reactive ketones (excluding diaryl/α,β-unsaturated/α-hetero) is 2. The first-order valence-electron chi connectivity index (χ1n) is 11.9. The molecule has 0 aliphatic carbocycles. The molecule has 0 spiro atoms. The van der Waals surface area contributed by atoms with Gasteiger partial charge in [0.15, 0.2) is 0 Å². The lowest BCUT2D eigenvalue weighted by molar-refractivity contribution is -0.221. The average molecular weight is 465 g/mol. The van der Waals surface area contributed by atoms with Crippen LogP contribution in [0, 0.1) is 0 Å². The summed E-state index contributed by atoms with van der Waals surface area (Å²) < 4.78 is 5.45. The first-order valence-corrected chi connectivity index (χ1v) is 14.8. The van der Waals surface area contributed by atoms with Gasteiger partial charge in [0.25, 0.3) is 8.32 Å². The second-order valence-corrected chi connectivity index (χ2v) is 14.3. The fourth-order valence-corrected chi connectivity index (χ4v) is 2.86. The van der Waals surface area contributed by atoms with Crippen molar-refractivity contribution in [3.05, 3.63) is 36.5 Å². The molecule has 5 nitrogen and oxygen atoms in total. The van der Waals surface area contributed by atoms with Gasteiger partial charge in [-0.25, -0.2) is 9.37 Å². The molecule has 0 aromatic heterocycles. The van der Waals surface area contributed by atoms with Crippen molar-refractivity contribution < 1.29 is 23.8 Å². The molecule has 0 bridgehead atoms. The molecule has 0 rings (SSSR count). The molecule has 0 unspecified atom stereocenters. The number of ketones is 2. The lowest BCUT2D eigenvalue weighted by Gasteiger charge is -2.33. The van der Waals surface area contributed by atoms with Crippen LogP contribution in [0.4, 0.5) is 0 Å². The molecule has 6 heteroatoms. The Labute approximate surface area is 196 Å². The molecule has 0 aromatic carbocycles. The van der Waals surface area contributed by atoms with Crippen LogP contribution in [0.15, 0.2) is 36.5 Å². The maximum Gasteiger partial charge on any atom is 0.340 e. The highest BCUT2D eigenvalue weighted by Gasteiger charge is 2.40. The Morgan fingerprint density at radius 2 is 1.38 bits per heavy atom. The van der Waals surface area contributed by atoms with Crippen molar-refractivity contribution in [2.75, 3.05) is 0 Å². The Hall–Kier alpha value is -1.79. The predicted molar refractivity (Wildman–Crippen MR) is 134 cm³/mol. The van der Waals surface area contributed by atoms with Crippen molar-refractivity contribution in [3.8, 4) is 0 Å². The van der Waals surface area contributed by atoms with Crippen molar-refractivity contribution in [1.29, 1.82) is 0 Å². The van der Waals surface area contributed by atoms with Gasteiger partial charge >= 0.3 is 5.97 Å². The summed E-state index contributed by atoms with van der Waals surface area (Å²) in [6, 6.07) is 0. The van der Waals surface area contributed by atoms with E-state index in [4.69, 9.17) is 9.46 Å². The van der Waals surface area contributed by atoms with E-state index in [0.29, 0.717) is 44.9 Å². The van der Waals surface area contributed by atoms with Gasteiger partial charge in [0.2, 0.25) is 0 Å². The standard InChI is InChI=1S/C26H44O5Si/c1-7-8-9-13-18-23(27)19-14-11-10-12-15-20-24(28)21-16-17-22-25(29)30-31-32(5,6)26(2,3)4/h9-13,15H,7-8,14,16-22H2,1-6H3. The van der Waals surface area contributed by atoms with E-state index in [1.54, 1.807) is 0 Å². The summed E-state index contributed by atoms with van der Waals surface area (Å²) >= 11 is 0. The second-order valence-electron chi connectivity index (χ2n) is 9.65. The van der Waals surface area contributed by atoms with Gasteiger partial charge in [-0.15, -0.1) is 0 Å². The number of allylic oxidation sites excluding steroid dienone is 6. The van der Waals surface area contributed by atoms with Crippen molar-refractivity contribution in [3.63, 3.8) is 0 Å². The molecule has 0 atom stereocenters. The van der Waals surface area contributed by atoms with Crippen molar-refractivity contribution in [2.24, 2.45) is 0 Å². The minimum Gasteiger partial charge on any atom is -0.310 e. The van der Waals surface area contributed by atoms with E-state index in [1.807, 2.05) is 43.5 Å². The molecule has 0 N–H and O–H groups in total. The molecule has 0 saturated heterocycles. The van der Waals surface area contributed by atoms with Gasteiger partial charge in [0.05, 0.1) is 0 Å². The zero-order valence-corrected chi connectivity index (χ0v) is 22.1. The Balaban J connectivity index is 3.84. The first kappa shape index (κ1) is 30.2. The highest BCUT2D eigenvalue weighted by Crippen LogP contribution is 2.36. The Morgan fingerprint density at radius 1 is 0.781 bits per heavy atom. The Kier molecular flexibility index (Phi) is 15.8. The monoisotopic (exact) mass is 464 g/mol. The maximum atomic E-state index is 11.9. The molecule has 0 amide bonds. The summed E-state index contributed by atoms with van der Waals surface area (Å²) in [7, 11) is -2.10. The molecule has 0 aromatic rings.